The Balaban J connectivity index is 0.00000137. The second-order valence-corrected chi connectivity index (χ2v) is 4.15. The van der Waals surface area contributed by atoms with Gasteiger partial charge in [-0.15, -0.1) is 0 Å². The van der Waals surface area contributed by atoms with E-state index in [2.05, 4.69) is 6.58 Å². The molecule has 0 bridgehead atoms. The summed E-state index contributed by atoms with van der Waals surface area (Å²) in [5.41, 5.74) is 4.45. The van der Waals surface area contributed by atoms with Gasteiger partial charge in [0, 0.05) is 18.6 Å². The first-order chi connectivity index (χ1) is 8.49. The van der Waals surface area contributed by atoms with Crippen LogP contribution in [0, 0.1) is 0 Å². The predicted octanol–water partition coefficient (Wildman–Crippen LogP) is 1.55. The maximum atomic E-state index is 10.1. The quantitative estimate of drug-likeness (QED) is 0.586. The minimum atomic E-state index is -1.43. The van der Waals surface area contributed by atoms with Gasteiger partial charge >= 0.3 is 0 Å². The number of nitrogens with two attached hydrogens (primary N) is 1. The summed E-state index contributed by atoms with van der Waals surface area (Å²) >= 11 is 0. The van der Waals surface area contributed by atoms with Crippen LogP contribution in [0.3, 0.4) is 0 Å². The SMILES string of the molecule is CC.[B]C(O)(/C=C/C=C\C=C)N1CCC(N)C1C. The number of allylic oxidation sites excluding steroid dienone is 4. The van der Waals surface area contributed by atoms with Gasteiger partial charge in [0.1, 0.15) is 7.85 Å². The Morgan fingerprint density at radius 1 is 1.39 bits per heavy atom. The van der Waals surface area contributed by atoms with Crippen LogP contribution in [0.5, 0.6) is 0 Å². The second-order valence-electron chi connectivity index (χ2n) is 4.15. The van der Waals surface area contributed by atoms with E-state index >= 15 is 0 Å². The molecule has 18 heavy (non-hydrogen) atoms. The van der Waals surface area contributed by atoms with Crippen LogP contribution in [0.2, 0.25) is 0 Å². The van der Waals surface area contributed by atoms with Gasteiger partial charge in [-0.25, -0.2) is 0 Å². The van der Waals surface area contributed by atoms with E-state index in [0.717, 1.165) is 6.42 Å². The van der Waals surface area contributed by atoms with Crippen molar-refractivity contribution >= 4 is 7.85 Å². The van der Waals surface area contributed by atoms with Crippen molar-refractivity contribution in [2.45, 2.75) is 44.9 Å². The summed E-state index contributed by atoms with van der Waals surface area (Å²) in [6, 6.07) is 0.162. The molecule has 4 heteroatoms. The Bertz CT molecular complexity index is 300. The van der Waals surface area contributed by atoms with Crippen molar-refractivity contribution in [2.24, 2.45) is 5.73 Å². The van der Waals surface area contributed by atoms with E-state index in [1.807, 2.05) is 20.8 Å². The van der Waals surface area contributed by atoms with Gasteiger partial charge in [0.15, 0.2) is 0 Å². The lowest BCUT2D eigenvalue weighted by atomic mass is 9.88. The highest BCUT2D eigenvalue weighted by molar-refractivity contribution is 6.15. The smallest absolute Gasteiger partial charge is 0.141 e. The molecular weight excluding hydrogens is 223 g/mol. The predicted molar refractivity (Wildman–Crippen MR) is 79.3 cm³/mol. The van der Waals surface area contributed by atoms with Gasteiger partial charge in [-0.05, 0) is 19.4 Å². The second kappa shape index (κ2) is 8.30. The summed E-state index contributed by atoms with van der Waals surface area (Å²) < 4.78 is 0. The fourth-order valence-electron chi connectivity index (χ4n) is 1.91. The summed E-state index contributed by atoms with van der Waals surface area (Å²) in [5, 5.41) is 10.1. The topological polar surface area (TPSA) is 49.5 Å². The Hall–Kier alpha value is -0.835. The molecule has 1 fully saturated rings. The molecule has 1 heterocycles. The molecule has 100 valence electrons. The average Bonchev–Trinajstić information content (AvgIpc) is 2.69. The standard InChI is InChI=1S/C12H19BN2O.C2H6/c1-3-4-5-6-8-12(13,16)15-9-7-11(14)10(15)2;1-2/h3-6,8,10-11,16H,1,7,9,14H2,2H3;1-2H3/b5-4-,8-6+;. The first-order valence-electron chi connectivity index (χ1n) is 6.49. The molecular formula is C14H25BN2O. The molecule has 1 rings (SSSR count). The summed E-state index contributed by atoms with van der Waals surface area (Å²) in [5.74, 6) is 0. The lowest BCUT2D eigenvalue weighted by molar-refractivity contribution is -0.00389. The van der Waals surface area contributed by atoms with Gasteiger partial charge in [-0.1, -0.05) is 44.7 Å². The zero-order chi connectivity index (χ0) is 14.2. The third kappa shape index (κ3) is 4.80. The summed E-state index contributed by atoms with van der Waals surface area (Å²) in [4.78, 5) is 1.80. The number of likely N-dealkylation sites (tertiary alicyclic amines) is 1. The van der Waals surface area contributed by atoms with E-state index in [4.69, 9.17) is 13.6 Å². The Labute approximate surface area is 112 Å². The monoisotopic (exact) mass is 248 g/mol. The molecule has 0 aromatic carbocycles. The van der Waals surface area contributed by atoms with Gasteiger partial charge in [-0.3, -0.25) is 4.90 Å². The molecule has 0 spiro atoms. The summed E-state index contributed by atoms with van der Waals surface area (Å²) in [6.07, 6.45) is 9.32. The van der Waals surface area contributed by atoms with Crippen molar-refractivity contribution in [1.29, 1.82) is 0 Å². The van der Waals surface area contributed by atoms with Crippen LogP contribution in [0.1, 0.15) is 27.2 Å². The molecule has 0 aromatic heterocycles. The highest BCUT2D eigenvalue weighted by Crippen LogP contribution is 2.23. The molecule has 0 aromatic rings. The molecule has 1 saturated heterocycles. The normalized spacial score (nSPS) is 28.1. The molecule has 0 saturated carbocycles. The highest BCUT2D eigenvalue weighted by atomic mass is 16.3. The van der Waals surface area contributed by atoms with Crippen LogP contribution >= 0.6 is 0 Å². The maximum absolute atomic E-state index is 10.1. The van der Waals surface area contributed by atoms with Crippen molar-refractivity contribution in [3.05, 3.63) is 37.0 Å². The molecule has 3 unspecified atom stereocenters. The lowest BCUT2D eigenvalue weighted by Gasteiger charge is -2.36. The van der Waals surface area contributed by atoms with Gasteiger partial charge in [0.2, 0.25) is 0 Å². The highest BCUT2D eigenvalue weighted by Gasteiger charge is 2.37. The van der Waals surface area contributed by atoms with Crippen LogP contribution in [-0.2, 0) is 0 Å². The van der Waals surface area contributed by atoms with Crippen LogP contribution in [0.25, 0.3) is 0 Å². The minimum absolute atomic E-state index is 0.0761. The molecule has 1 aliphatic rings. The van der Waals surface area contributed by atoms with E-state index in [9.17, 15) is 5.11 Å². The fraction of sp³-hybridized carbons (Fsp3) is 0.571. The molecule has 2 radical (unpaired) electrons. The molecule has 0 aliphatic carbocycles. The van der Waals surface area contributed by atoms with Crippen molar-refractivity contribution in [1.82, 2.24) is 4.90 Å². The molecule has 3 N–H and O–H groups in total. The van der Waals surface area contributed by atoms with Crippen molar-refractivity contribution in [3.63, 3.8) is 0 Å². The fourth-order valence-corrected chi connectivity index (χ4v) is 1.91. The van der Waals surface area contributed by atoms with Crippen molar-refractivity contribution in [2.75, 3.05) is 6.54 Å². The van der Waals surface area contributed by atoms with Crippen LogP contribution < -0.4 is 5.73 Å². The maximum Gasteiger partial charge on any atom is 0.141 e. The third-order valence-corrected chi connectivity index (χ3v) is 2.97. The van der Waals surface area contributed by atoms with Crippen molar-refractivity contribution in [3.8, 4) is 0 Å². The Morgan fingerprint density at radius 2 is 2.00 bits per heavy atom. The molecule has 0 amide bonds. The first kappa shape index (κ1) is 17.2. The summed E-state index contributed by atoms with van der Waals surface area (Å²) in [6.45, 7) is 10.2. The van der Waals surface area contributed by atoms with Gasteiger partial charge in [0.25, 0.3) is 0 Å². The average molecular weight is 248 g/mol. The first-order valence-corrected chi connectivity index (χ1v) is 6.49. The number of hydrogen-bond donors (Lipinski definition) is 2. The van der Waals surface area contributed by atoms with Crippen molar-refractivity contribution < 1.29 is 5.11 Å². The zero-order valence-corrected chi connectivity index (χ0v) is 11.7. The zero-order valence-electron chi connectivity index (χ0n) is 11.7. The van der Waals surface area contributed by atoms with E-state index < -0.39 is 5.62 Å². The van der Waals surface area contributed by atoms with E-state index in [1.165, 1.54) is 0 Å². The van der Waals surface area contributed by atoms with Crippen LogP contribution in [0.15, 0.2) is 37.0 Å². The van der Waals surface area contributed by atoms with Gasteiger partial charge in [0.05, 0.1) is 5.62 Å². The molecule has 1 aliphatic heterocycles. The minimum Gasteiger partial charge on any atom is -0.381 e. The summed E-state index contributed by atoms with van der Waals surface area (Å²) in [7, 11) is 5.84. The Kier molecular flexibility index (Phi) is 7.91. The third-order valence-electron chi connectivity index (χ3n) is 2.97. The molecule has 3 atom stereocenters. The lowest BCUT2D eigenvalue weighted by Crippen LogP contribution is -2.52. The Morgan fingerprint density at radius 3 is 2.44 bits per heavy atom. The van der Waals surface area contributed by atoms with Gasteiger partial charge in [-0.2, -0.15) is 0 Å². The number of rotatable bonds is 4. The van der Waals surface area contributed by atoms with E-state index in [1.54, 1.807) is 35.3 Å². The molecule has 3 nitrogen and oxygen atoms in total. The van der Waals surface area contributed by atoms with Gasteiger partial charge < -0.3 is 10.8 Å². The van der Waals surface area contributed by atoms with E-state index in [-0.39, 0.29) is 12.1 Å². The number of nitrogens with zero attached hydrogens (tertiary/aromatic N) is 1. The number of hydrogen-bond acceptors (Lipinski definition) is 3. The van der Waals surface area contributed by atoms with E-state index in [0.29, 0.717) is 6.54 Å². The number of aliphatic hydroxyl groups is 1. The van der Waals surface area contributed by atoms with Crippen LogP contribution in [0.4, 0.5) is 0 Å². The van der Waals surface area contributed by atoms with Crippen LogP contribution in [-0.4, -0.2) is 42.1 Å². The largest absolute Gasteiger partial charge is 0.381 e.